The molecule has 1 N–H and O–H groups in total. The lowest BCUT2D eigenvalue weighted by Crippen LogP contribution is -2.47. The van der Waals surface area contributed by atoms with Gasteiger partial charge in [0.1, 0.15) is 17.9 Å². The smallest absolute Gasteiger partial charge is 0.325 e. The molecule has 0 bridgehead atoms. The van der Waals surface area contributed by atoms with E-state index in [4.69, 9.17) is 4.74 Å². The number of carbonyl (C=O) groups is 4. The molecule has 9 heteroatoms. The van der Waals surface area contributed by atoms with Crippen LogP contribution in [0.3, 0.4) is 0 Å². The van der Waals surface area contributed by atoms with E-state index in [9.17, 15) is 23.6 Å². The molecule has 1 aliphatic carbocycles. The summed E-state index contributed by atoms with van der Waals surface area (Å²) in [6.07, 6.45) is 1.79. The number of rotatable bonds is 6. The third-order valence-corrected chi connectivity index (χ3v) is 6.57. The van der Waals surface area contributed by atoms with Crippen molar-refractivity contribution in [1.29, 1.82) is 0 Å². The Bertz CT molecular complexity index is 945. The molecule has 1 aromatic rings. The Morgan fingerprint density at radius 1 is 1.19 bits per heavy atom. The van der Waals surface area contributed by atoms with Crippen LogP contribution in [0.25, 0.3) is 0 Å². The van der Waals surface area contributed by atoms with Crippen molar-refractivity contribution in [3.8, 4) is 0 Å². The number of likely N-dealkylation sites (tertiary alicyclic amines) is 1. The standard InChI is InChI=1S/C23H28FN3O5/c1-13(2)32-20(29)17-10-11-26(19(17)14-4-8-16(24)9-5-14)18(28)12-27-21(30)23(3,15-6-7-15)25-22(27)31/h4-5,8-9,13,15,17,19H,6-7,10-12H2,1-3H3,(H,25,31)/t17-,19-,23-/m1/s1. The molecule has 0 spiro atoms. The van der Waals surface area contributed by atoms with Gasteiger partial charge in [-0.3, -0.25) is 19.3 Å². The monoisotopic (exact) mass is 445 g/mol. The highest BCUT2D eigenvalue weighted by molar-refractivity contribution is 6.09. The molecule has 2 saturated heterocycles. The topological polar surface area (TPSA) is 96.0 Å². The molecule has 3 fully saturated rings. The van der Waals surface area contributed by atoms with E-state index in [1.807, 2.05) is 0 Å². The Hall–Kier alpha value is -2.97. The summed E-state index contributed by atoms with van der Waals surface area (Å²) in [7, 11) is 0. The molecule has 4 amide bonds. The van der Waals surface area contributed by atoms with Crippen molar-refractivity contribution in [3.05, 3.63) is 35.6 Å². The number of imide groups is 1. The molecule has 2 heterocycles. The van der Waals surface area contributed by atoms with Crippen molar-refractivity contribution in [2.24, 2.45) is 11.8 Å². The molecule has 4 rings (SSSR count). The third-order valence-electron chi connectivity index (χ3n) is 6.57. The number of amides is 4. The van der Waals surface area contributed by atoms with Crippen LogP contribution in [0.4, 0.5) is 9.18 Å². The highest BCUT2D eigenvalue weighted by Gasteiger charge is 2.56. The van der Waals surface area contributed by atoms with Crippen LogP contribution in [0.1, 0.15) is 51.6 Å². The Morgan fingerprint density at radius 3 is 2.44 bits per heavy atom. The molecular formula is C23H28FN3O5. The molecule has 172 valence electrons. The van der Waals surface area contributed by atoms with E-state index in [1.54, 1.807) is 32.9 Å². The van der Waals surface area contributed by atoms with Gasteiger partial charge in [-0.25, -0.2) is 9.18 Å². The largest absolute Gasteiger partial charge is 0.463 e. The predicted octanol–water partition coefficient (Wildman–Crippen LogP) is 2.39. The van der Waals surface area contributed by atoms with Crippen molar-refractivity contribution >= 4 is 23.8 Å². The maximum atomic E-state index is 13.5. The summed E-state index contributed by atoms with van der Waals surface area (Å²) >= 11 is 0. The lowest BCUT2D eigenvalue weighted by Gasteiger charge is -2.29. The number of urea groups is 1. The number of esters is 1. The highest BCUT2D eigenvalue weighted by atomic mass is 19.1. The van der Waals surface area contributed by atoms with Crippen LogP contribution in [0.5, 0.6) is 0 Å². The average molecular weight is 445 g/mol. The first-order chi connectivity index (χ1) is 15.1. The summed E-state index contributed by atoms with van der Waals surface area (Å²) in [5.74, 6) is -2.22. The fourth-order valence-electron chi connectivity index (χ4n) is 4.73. The van der Waals surface area contributed by atoms with Gasteiger partial charge in [-0.05, 0) is 63.6 Å². The van der Waals surface area contributed by atoms with Crippen LogP contribution in [0.15, 0.2) is 24.3 Å². The summed E-state index contributed by atoms with van der Waals surface area (Å²) in [4.78, 5) is 53.8. The second-order valence-corrected chi connectivity index (χ2v) is 9.26. The van der Waals surface area contributed by atoms with Crippen LogP contribution in [0, 0.1) is 17.7 Å². The van der Waals surface area contributed by atoms with Gasteiger partial charge in [0.2, 0.25) is 5.91 Å². The molecule has 0 unspecified atom stereocenters. The van der Waals surface area contributed by atoms with Gasteiger partial charge in [0.15, 0.2) is 0 Å². The molecule has 0 radical (unpaired) electrons. The summed E-state index contributed by atoms with van der Waals surface area (Å²) in [5.41, 5.74) is -0.370. The van der Waals surface area contributed by atoms with Crippen LogP contribution >= 0.6 is 0 Å². The second kappa shape index (κ2) is 8.18. The van der Waals surface area contributed by atoms with Gasteiger partial charge in [-0.2, -0.15) is 0 Å². The van der Waals surface area contributed by atoms with Gasteiger partial charge in [0.05, 0.1) is 18.1 Å². The van der Waals surface area contributed by atoms with Crippen molar-refractivity contribution in [3.63, 3.8) is 0 Å². The van der Waals surface area contributed by atoms with Crippen LogP contribution < -0.4 is 5.32 Å². The van der Waals surface area contributed by atoms with E-state index in [0.717, 1.165) is 17.7 Å². The molecule has 2 aliphatic heterocycles. The molecule has 1 saturated carbocycles. The van der Waals surface area contributed by atoms with Gasteiger partial charge < -0.3 is 15.0 Å². The number of carbonyl (C=O) groups excluding carboxylic acids is 4. The zero-order chi connectivity index (χ0) is 23.2. The maximum absolute atomic E-state index is 13.5. The Balaban J connectivity index is 1.56. The number of hydrogen-bond acceptors (Lipinski definition) is 5. The first-order valence-corrected chi connectivity index (χ1v) is 11.0. The maximum Gasteiger partial charge on any atom is 0.325 e. The molecular weight excluding hydrogens is 417 g/mol. The Kier molecular flexibility index (Phi) is 5.68. The van der Waals surface area contributed by atoms with E-state index in [0.29, 0.717) is 12.0 Å². The SMILES string of the molecule is CC(C)OC(=O)[C@@H]1CCN(C(=O)CN2C(=O)N[C@](C)(C3CC3)C2=O)[C@@H]1c1ccc(F)cc1. The van der Waals surface area contributed by atoms with Gasteiger partial charge in [-0.15, -0.1) is 0 Å². The zero-order valence-electron chi connectivity index (χ0n) is 18.5. The number of nitrogens with one attached hydrogen (secondary N) is 1. The number of ether oxygens (including phenoxy) is 1. The number of nitrogens with zero attached hydrogens (tertiary/aromatic N) is 2. The first kappa shape index (κ1) is 22.2. The van der Waals surface area contributed by atoms with Crippen molar-refractivity contribution in [1.82, 2.24) is 15.1 Å². The quantitative estimate of drug-likeness (QED) is 0.536. The van der Waals surface area contributed by atoms with E-state index in [-0.39, 0.29) is 18.6 Å². The fourth-order valence-corrected chi connectivity index (χ4v) is 4.73. The minimum Gasteiger partial charge on any atom is -0.463 e. The molecule has 3 aliphatic rings. The summed E-state index contributed by atoms with van der Waals surface area (Å²) < 4.78 is 18.9. The fraction of sp³-hybridized carbons (Fsp3) is 0.565. The van der Waals surface area contributed by atoms with Crippen molar-refractivity contribution in [2.75, 3.05) is 13.1 Å². The number of hydrogen-bond donors (Lipinski definition) is 1. The third kappa shape index (κ3) is 3.96. The van der Waals surface area contributed by atoms with Crippen LogP contribution in [0.2, 0.25) is 0 Å². The highest BCUT2D eigenvalue weighted by Crippen LogP contribution is 2.43. The Labute approximate surface area is 186 Å². The van der Waals surface area contributed by atoms with Crippen LogP contribution in [-0.4, -0.2) is 58.3 Å². The van der Waals surface area contributed by atoms with Gasteiger partial charge in [-0.1, -0.05) is 12.1 Å². The lowest BCUT2D eigenvalue weighted by molar-refractivity contribution is -0.154. The van der Waals surface area contributed by atoms with E-state index >= 15 is 0 Å². The van der Waals surface area contributed by atoms with Gasteiger partial charge in [0.25, 0.3) is 5.91 Å². The predicted molar refractivity (Wildman–Crippen MR) is 112 cm³/mol. The number of halogens is 1. The van der Waals surface area contributed by atoms with Crippen molar-refractivity contribution in [2.45, 2.75) is 57.7 Å². The second-order valence-electron chi connectivity index (χ2n) is 9.26. The summed E-state index contributed by atoms with van der Waals surface area (Å²) in [6, 6.07) is 4.40. The molecule has 3 atom stereocenters. The Morgan fingerprint density at radius 2 is 1.84 bits per heavy atom. The molecule has 1 aromatic carbocycles. The molecule has 8 nitrogen and oxygen atoms in total. The zero-order valence-corrected chi connectivity index (χ0v) is 18.5. The van der Waals surface area contributed by atoms with E-state index < -0.39 is 53.7 Å². The van der Waals surface area contributed by atoms with Gasteiger partial charge in [0, 0.05) is 6.54 Å². The van der Waals surface area contributed by atoms with E-state index in [1.165, 1.54) is 17.0 Å². The van der Waals surface area contributed by atoms with Gasteiger partial charge >= 0.3 is 12.0 Å². The van der Waals surface area contributed by atoms with Crippen molar-refractivity contribution < 1.29 is 28.3 Å². The first-order valence-electron chi connectivity index (χ1n) is 11.0. The lowest BCUT2D eigenvalue weighted by atomic mass is 9.93. The number of benzene rings is 1. The normalized spacial score (nSPS) is 27.8. The minimum absolute atomic E-state index is 0.0907. The summed E-state index contributed by atoms with van der Waals surface area (Å²) in [6.45, 7) is 5.05. The minimum atomic E-state index is -0.970. The van der Waals surface area contributed by atoms with Crippen LogP contribution in [-0.2, 0) is 19.1 Å². The molecule has 0 aromatic heterocycles. The van der Waals surface area contributed by atoms with E-state index in [2.05, 4.69) is 5.32 Å². The molecule has 32 heavy (non-hydrogen) atoms. The average Bonchev–Trinajstić information content (AvgIpc) is 3.46. The summed E-state index contributed by atoms with van der Waals surface area (Å²) in [5, 5.41) is 2.74.